The van der Waals surface area contributed by atoms with E-state index >= 15 is 0 Å². The van der Waals surface area contributed by atoms with Crippen LogP contribution in [0.1, 0.15) is 24.8 Å². The predicted octanol–water partition coefficient (Wildman–Crippen LogP) is 2.41. The topological polar surface area (TPSA) is 58.7 Å². The van der Waals surface area contributed by atoms with Crippen LogP contribution in [-0.2, 0) is 0 Å². The molecule has 1 heterocycles. The largest absolute Gasteiger partial charge is 0.297 e. The summed E-state index contributed by atoms with van der Waals surface area (Å²) in [5, 5.41) is 17.0. The van der Waals surface area contributed by atoms with E-state index < -0.39 is 4.92 Å². The molecule has 0 radical (unpaired) electrons. The Morgan fingerprint density at radius 1 is 1.29 bits per heavy atom. The fourth-order valence-electron chi connectivity index (χ4n) is 1.86. The van der Waals surface area contributed by atoms with Crippen LogP contribution in [0.3, 0.4) is 0 Å². The van der Waals surface area contributed by atoms with Crippen molar-refractivity contribution < 1.29 is 4.92 Å². The standard InChI is InChI=1S/C12H15N3O2/c16-15(17)12-6-4-5-11(9-12)10-13-14-7-2-1-3-8-14/h4-6,9-10H,1-3,7-8H2/b13-10-. The Morgan fingerprint density at radius 3 is 2.76 bits per heavy atom. The summed E-state index contributed by atoms with van der Waals surface area (Å²) in [7, 11) is 0. The lowest BCUT2D eigenvalue weighted by Gasteiger charge is -2.23. The van der Waals surface area contributed by atoms with Crippen molar-refractivity contribution in [1.82, 2.24) is 5.01 Å². The van der Waals surface area contributed by atoms with E-state index in [9.17, 15) is 10.1 Å². The monoisotopic (exact) mass is 233 g/mol. The van der Waals surface area contributed by atoms with E-state index in [0.29, 0.717) is 0 Å². The van der Waals surface area contributed by atoms with E-state index in [0.717, 1.165) is 18.7 Å². The molecule has 0 bridgehead atoms. The quantitative estimate of drug-likeness (QED) is 0.457. The zero-order chi connectivity index (χ0) is 12.1. The molecule has 1 aromatic rings. The van der Waals surface area contributed by atoms with Gasteiger partial charge in [0.05, 0.1) is 11.1 Å². The fourth-order valence-corrected chi connectivity index (χ4v) is 1.86. The van der Waals surface area contributed by atoms with E-state index in [1.165, 1.54) is 31.4 Å². The molecule has 0 atom stereocenters. The minimum atomic E-state index is -0.391. The number of hydrogen-bond donors (Lipinski definition) is 0. The molecule has 90 valence electrons. The van der Waals surface area contributed by atoms with E-state index in [1.807, 2.05) is 11.1 Å². The van der Waals surface area contributed by atoms with Crippen molar-refractivity contribution >= 4 is 11.9 Å². The van der Waals surface area contributed by atoms with E-state index in [-0.39, 0.29) is 5.69 Å². The zero-order valence-electron chi connectivity index (χ0n) is 9.58. The van der Waals surface area contributed by atoms with Crippen LogP contribution in [0.25, 0.3) is 0 Å². The summed E-state index contributed by atoms with van der Waals surface area (Å²) < 4.78 is 0. The Kier molecular flexibility index (Phi) is 3.69. The number of nitro groups is 1. The Morgan fingerprint density at radius 2 is 2.06 bits per heavy atom. The number of benzene rings is 1. The molecule has 0 aliphatic carbocycles. The molecule has 5 nitrogen and oxygen atoms in total. The molecule has 0 saturated carbocycles. The van der Waals surface area contributed by atoms with Crippen LogP contribution >= 0.6 is 0 Å². The maximum Gasteiger partial charge on any atom is 0.270 e. The highest BCUT2D eigenvalue weighted by Gasteiger charge is 2.07. The Bertz CT molecular complexity index is 426. The second-order valence-electron chi connectivity index (χ2n) is 4.11. The average Bonchev–Trinajstić information content (AvgIpc) is 2.38. The number of nitrogens with zero attached hydrogens (tertiary/aromatic N) is 3. The number of rotatable bonds is 3. The highest BCUT2D eigenvalue weighted by molar-refractivity contribution is 5.80. The van der Waals surface area contributed by atoms with Crippen LogP contribution in [0.4, 0.5) is 5.69 Å². The minimum Gasteiger partial charge on any atom is -0.297 e. The van der Waals surface area contributed by atoms with Crippen LogP contribution in [0.15, 0.2) is 29.4 Å². The molecule has 1 saturated heterocycles. The fraction of sp³-hybridized carbons (Fsp3) is 0.417. The van der Waals surface area contributed by atoms with Gasteiger partial charge >= 0.3 is 0 Å². The van der Waals surface area contributed by atoms with Crippen molar-refractivity contribution in [2.24, 2.45) is 5.10 Å². The summed E-state index contributed by atoms with van der Waals surface area (Å²) in [4.78, 5) is 10.2. The van der Waals surface area contributed by atoms with Crippen molar-refractivity contribution in [2.45, 2.75) is 19.3 Å². The van der Waals surface area contributed by atoms with Crippen LogP contribution in [-0.4, -0.2) is 29.2 Å². The molecule has 0 N–H and O–H groups in total. The number of hydrazone groups is 1. The molecule has 0 unspecified atom stereocenters. The highest BCUT2D eigenvalue weighted by Crippen LogP contribution is 2.12. The molecule has 0 spiro atoms. The van der Waals surface area contributed by atoms with Gasteiger partial charge in [-0.05, 0) is 19.3 Å². The number of piperidine rings is 1. The first kappa shape index (κ1) is 11.6. The molecule has 2 rings (SSSR count). The smallest absolute Gasteiger partial charge is 0.270 e. The maximum absolute atomic E-state index is 10.6. The van der Waals surface area contributed by atoms with Crippen molar-refractivity contribution in [3.8, 4) is 0 Å². The third-order valence-electron chi connectivity index (χ3n) is 2.78. The van der Waals surface area contributed by atoms with Crippen molar-refractivity contribution in [3.05, 3.63) is 39.9 Å². The third-order valence-corrected chi connectivity index (χ3v) is 2.78. The summed E-state index contributed by atoms with van der Waals surface area (Å²) in [5.74, 6) is 0. The lowest BCUT2D eigenvalue weighted by molar-refractivity contribution is -0.384. The summed E-state index contributed by atoms with van der Waals surface area (Å²) in [5.41, 5.74) is 0.873. The zero-order valence-corrected chi connectivity index (χ0v) is 9.58. The van der Waals surface area contributed by atoms with Crippen molar-refractivity contribution in [2.75, 3.05) is 13.1 Å². The van der Waals surface area contributed by atoms with Crippen molar-refractivity contribution in [3.63, 3.8) is 0 Å². The lowest BCUT2D eigenvalue weighted by Crippen LogP contribution is -2.24. The molecule has 1 aliphatic rings. The molecule has 17 heavy (non-hydrogen) atoms. The van der Waals surface area contributed by atoms with Gasteiger partial charge in [-0.25, -0.2) is 0 Å². The Balaban J connectivity index is 2.04. The van der Waals surface area contributed by atoms with Gasteiger partial charge in [-0.3, -0.25) is 15.1 Å². The number of nitro benzene ring substituents is 1. The van der Waals surface area contributed by atoms with Crippen molar-refractivity contribution in [1.29, 1.82) is 0 Å². The van der Waals surface area contributed by atoms with Gasteiger partial charge in [0.15, 0.2) is 0 Å². The lowest BCUT2D eigenvalue weighted by atomic mass is 10.2. The van der Waals surface area contributed by atoms with Gasteiger partial charge in [-0.2, -0.15) is 5.10 Å². The SMILES string of the molecule is O=[N+]([O-])c1cccc(/C=N\N2CCCCC2)c1. The molecule has 1 aliphatic heterocycles. The summed E-state index contributed by atoms with van der Waals surface area (Å²) in [6.07, 6.45) is 5.31. The predicted molar refractivity (Wildman–Crippen MR) is 66.1 cm³/mol. The second kappa shape index (κ2) is 5.43. The minimum absolute atomic E-state index is 0.104. The van der Waals surface area contributed by atoms with Crippen LogP contribution in [0.2, 0.25) is 0 Å². The highest BCUT2D eigenvalue weighted by atomic mass is 16.6. The Labute approximate surface area is 99.9 Å². The number of non-ortho nitro benzene ring substituents is 1. The molecule has 5 heteroatoms. The van der Waals surface area contributed by atoms with Gasteiger partial charge in [0, 0.05) is 30.8 Å². The summed E-state index contributed by atoms with van der Waals surface area (Å²) in [6, 6.07) is 6.52. The molecular weight excluding hydrogens is 218 g/mol. The van der Waals surface area contributed by atoms with E-state index in [1.54, 1.807) is 12.3 Å². The number of hydrogen-bond acceptors (Lipinski definition) is 4. The summed E-state index contributed by atoms with van der Waals surface area (Å²) >= 11 is 0. The van der Waals surface area contributed by atoms with Gasteiger partial charge < -0.3 is 0 Å². The molecule has 1 aromatic carbocycles. The molecule has 1 fully saturated rings. The molecule has 0 amide bonds. The van der Waals surface area contributed by atoms with Crippen LogP contribution in [0, 0.1) is 10.1 Å². The molecule has 0 aromatic heterocycles. The van der Waals surface area contributed by atoms with Gasteiger partial charge in [-0.1, -0.05) is 12.1 Å². The van der Waals surface area contributed by atoms with Gasteiger partial charge in [0.2, 0.25) is 0 Å². The van der Waals surface area contributed by atoms with E-state index in [2.05, 4.69) is 5.10 Å². The second-order valence-corrected chi connectivity index (χ2v) is 4.11. The van der Waals surface area contributed by atoms with Gasteiger partial charge in [0.1, 0.15) is 0 Å². The first-order chi connectivity index (χ1) is 8.25. The van der Waals surface area contributed by atoms with E-state index in [4.69, 9.17) is 0 Å². The summed E-state index contributed by atoms with van der Waals surface area (Å²) in [6.45, 7) is 1.96. The van der Waals surface area contributed by atoms with Gasteiger partial charge in [-0.15, -0.1) is 0 Å². The normalized spacial score (nSPS) is 16.4. The average molecular weight is 233 g/mol. The van der Waals surface area contributed by atoms with Crippen LogP contribution in [0.5, 0.6) is 0 Å². The maximum atomic E-state index is 10.6. The first-order valence-electron chi connectivity index (χ1n) is 5.79. The van der Waals surface area contributed by atoms with Gasteiger partial charge in [0.25, 0.3) is 5.69 Å². The third kappa shape index (κ3) is 3.27. The molecular formula is C12H15N3O2. The van der Waals surface area contributed by atoms with Crippen LogP contribution < -0.4 is 0 Å². The first-order valence-corrected chi connectivity index (χ1v) is 5.79. The Hall–Kier alpha value is -1.91.